The first-order valence-electron chi connectivity index (χ1n) is 9.00. The van der Waals surface area contributed by atoms with Crippen molar-refractivity contribution in [3.05, 3.63) is 40.6 Å². The Bertz CT molecular complexity index is 851. The summed E-state index contributed by atoms with van der Waals surface area (Å²) in [6.07, 6.45) is 5.76. The molecule has 1 unspecified atom stereocenters. The fourth-order valence-corrected chi connectivity index (χ4v) is 3.95. The van der Waals surface area contributed by atoms with Gasteiger partial charge in [-0.3, -0.25) is 9.48 Å². The SMILES string of the molecule is CCCCCC(CC)n1nc(-c2ccsc2)c2ccc(C(N)=O)cc21. The Labute approximate surface area is 152 Å². The van der Waals surface area contributed by atoms with Gasteiger partial charge in [-0.25, -0.2) is 0 Å². The Hall–Kier alpha value is -2.14. The molecular weight excluding hydrogens is 330 g/mol. The van der Waals surface area contributed by atoms with Crippen LogP contribution in [0.1, 0.15) is 62.4 Å². The zero-order valence-corrected chi connectivity index (χ0v) is 15.7. The average molecular weight is 356 g/mol. The highest BCUT2D eigenvalue weighted by Crippen LogP contribution is 2.33. The number of hydrogen-bond donors (Lipinski definition) is 1. The first kappa shape index (κ1) is 17.7. The molecule has 0 spiro atoms. The van der Waals surface area contributed by atoms with Gasteiger partial charge in [0.25, 0.3) is 0 Å². The molecule has 3 aromatic rings. The normalized spacial score (nSPS) is 12.6. The molecule has 5 heteroatoms. The molecule has 25 heavy (non-hydrogen) atoms. The van der Waals surface area contributed by atoms with Gasteiger partial charge in [0.1, 0.15) is 5.69 Å². The summed E-state index contributed by atoms with van der Waals surface area (Å²) in [5.74, 6) is -0.397. The van der Waals surface area contributed by atoms with E-state index in [1.54, 1.807) is 17.4 Å². The maximum atomic E-state index is 11.6. The van der Waals surface area contributed by atoms with Crippen molar-refractivity contribution in [3.8, 4) is 11.3 Å². The van der Waals surface area contributed by atoms with Crippen LogP contribution in [-0.2, 0) is 0 Å². The molecule has 0 radical (unpaired) electrons. The van der Waals surface area contributed by atoms with Gasteiger partial charge in [-0.2, -0.15) is 16.4 Å². The van der Waals surface area contributed by atoms with Crippen LogP contribution < -0.4 is 5.73 Å². The highest BCUT2D eigenvalue weighted by atomic mass is 32.1. The third kappa shape index (κ3) is 3.61. The van der Waals surface area contributed by atoms with E-state index in [1.165, 1.54) is 19.3 Å². The van der Waals surface area contributed by atoms with Crippen molar-refractivity contribution >= 4 is 28.1 Å². The van der Waals surface area contributed by atoms with Crippen LogP contribution in [-0.4, -0.2) is 15.7 Å². The number of benzene rings is 1. The van der Waals surface area contributed by atoms with E-state index in [9.17, 15) is 4.79 Å². The Morgan fingerprint density at radius 1 is 1.28 bits per heavy atom. The van der Waals surface area contributed by atoms with E-state index in [-0.39, 0.29) is 0 Å². The van der Waals surface area contributed by atoms with Crippen molar-refractivity contribution < 1.29 is 4.79 Å². The minimum Gasteiger partial charge on any atom is -0.366 e. The maximum absolute atomic E-state index is 11.6. The summed E-state index contributed by atoms with van der Waals surface area (Å²) >= 11 is 1.67. The lowest BCUT2D eigenvalue weighted by molar-refractivity contribution is 0.100. The first-order chi connectivity index (χ1) is 12.2. The molecule has 2 N–H and O–H groups in total. The first-order valence-corrected chi connectivity index (χ1v) is 9.94. The zero-order valence-electron chi connectivity index (χ0n) is 14.9. The van der Waals surface area contributed by atoms with Crippen LogP contribution >= 0.6 is 11.3 Å². The second-order valence-electron chi connectivity index (χ2n) is 6.46. The van der Waals surface area contributed by atoms with E-state index in [1.807, 2.05) is 12.1 Å². The summed E-state index contributed by atoms with van der Waals surface area (Å²) in [7, 11) is 0. The molecule has 1 atom stereocenters. The fourth-order valence-electron chi connectivity index (χ4n) is 3.31. The van der Waals surface area contributed by atoms with Gasteiger partial charge in [0.15, 0.2) is 0 Å². The van der Waals surface area contributed by atoms with Crippen LogP contribution in [0.25, 0.3) is 22.2 Å². The zero-order chi connectivity index (χ0) is 17.8. The molecule has 3 rings (SSSR count). The molecule has 0 aliphatic rings. The molecular formula is C20H25N3OS. The van der Waals surface area contributed by atoms with Gasteiger partial charge in [0.2, 0.25) is 5.91 Å². The number of hydrogen-bond acceptors (Lipinski definition) is 3. The number of fused-ring (bicyclic) bond motifs is 1. The van der Waals surface area contributed by atoms with E-state index in [4.69, 9.17) is 10.8 Å². The number of rotatable bonds is 8. The van der Waals surface area contributed by atoms with E-state index in [0.29, 0.717) is 11.6 Å². The number of primary amides is 1. The molecule has 2 aromatic heterocycles. The van der Waals surface area contributed by atoms with Gasteiger partial charge in [-0.05, 0) is 42.5 Å². The number of aromatic nitrogens is 2. The number of thiophene rings is 1. The molecule has 0 fully saturated rings. The second kappa shape index (κ2) is 7.83. The van der Waals surface area contributed by atoms with Crippen LogP contribution in [0.3, 0.4) is 0 Å². The molecule has 4 nitrogen and oxygen atoms in total. The third-order valence-corrected chi connectivity index (χ3v) is 5.43. The lowest BCUT2D eigenvalue weighted by Gasteiger charge is -2.17. The van der Waals surface area contributed by atoms with Gasteiger partial charge in [0.05, 0.1) is 11.6 Å². The predicted octanol–water partition coefficient (Wildman–Crippen LogP) is 5.40. The summed E-state index contributed by atoms with van der Waals surface area (Å²) in [6, 6.07) is 8.10. The molecule has 0 aliphatic heterocycles. The summed E-state index contributed by atoms with van der Waals surface area (Å²) in [4.78, 5) is 11.6. The van der Waals surface area contributed by atoms with Gasteiger partial charge >= 0.3 is 0 Å². The summed E-state index contributed by atoms with van der Waals surface area (Å²) in [6.45, 7) is 4.42. The van der Waals surface area contributed by atoms with Gasteiger partial charge in [-0.1, -0.05) is 33.1 Å². The highest BCUT2D eigenvalue weighted by Gasteiger charge is 2.19. The molecule has 1 aromatic carbocycles. The quantitative estimate of drug-likeness (QED) is 0.550. The van der Waals surface area contributed by atoms with Gasteiger partial charge in [0, 0.05) is 21.9 Å². The van der Waals surface area contributed by atoms with Crippen molar-refractivity contribution in [2.75, 3.05) is 0 Å². The topological polar surface area (TPSA) is 60.9 Å². The van der Waals surface area contributed by atoms with Crippen LogP contribution in [0.4, 0.5) is 0 Å². The van der Waals surface area contributed by atoms with Gasteiger partial charge < -0.3 is 5.73 Å². The smallest absolute Gasteiger partial charge is 0.248 e. The largest absolute Gasteiger partial charge is 0.366 e. The van der Waals surface area contributed by atoms with E-state index in [2.05, 4.69) is 35.4 Å². The van der Waals surface area contributed by atoms with E-state index < -0.39 is 5.91 Å². The molecule has 0 bridgehead atoms. The van der Waals surface area contributed by atoms with Crippen molar-refractivity contribution in [2.45, 2.75) is 52.0 Å². The average Bonchev–Trinajstić information content (AvgIpc) is 3.26. The summed E-state index contributed by atoms with van der Waals surface area (Å²) in [5.41, 5.74) is 9.15. The summed E-state index contributed by atoms with van der Waals surface area (Å²) < 4.78 is 2.12. The van der Waals surface area contributed by atoms with E-state index in [0.717, 1.165) is 35.0 Å². The van der Waals surface area contributed by atoms with Crippen molar-refractivity contribution in [1.82, 2.24) is 9.78 Å². The molecule has 1 amide bonds. The Morgan fingerprint density at radius 3 is 2.76 bits per heavy atom. The number of nitrogens with two attached hydrogens (primary N) is 1. The predicted molar refractivity (Wildman–Crippen MR) is 105 cm³/mol. The number of amides is 1. The van der Waals surface area contributed by atoms with Crippen molar-refractivity contribution in [1.29, 1.82) is 0 Å². The van der Waals surface area contributed by atoms with Crippen molar-refractivity contribution in [3.63, 3.8) is 0 Å². The minimum absolute atomic E-state index is 0.338. The molecule has 0 saturated carbocycles. The van der Waals surface area contributed by atoms with Crippen LogP contribution in [0.15, 0.2) is 35.0 Å². The van der Waals surface area contributed by atoms with Crippen molar-refractivity contribution in [2.24, 2.45) is 5.73 Å². The highest BCUT2D eigenvalue weighted by molar-refractivity contribution is 7.08. The Kier molecular flexibility index (Phi) is 5.53. The lowest BCUT2D eigenvalue weighted by atomic mass is 10.0. The van der Waals surface area contributed by atoms with Gasteiger partial charge in [-0.15, -0.1) is 0 Å². The third-order valence-electron chi connectivity index (χ3n) is 4.74. The minimum atomic E-state index is -0.397. The van der Waals surface area contributed by atoms with Crippen LogP contribution in [0.5, 0.6) is 0 Å². The number of nitrogens with zero attached hydrogens (tertiary/aromatic N) is 2. The molecule has 2 heterocycles. The van der Waals surface area contributed by atoms with E-state index >= 15 is 0 Å². The summed E-state index contributed by atoms with van der Waals surface area (Å²) in [5, 5.41) is 10.2. The standard InChI is InChI=1S/C20H25N3OS/c1-3-5-6-7-16(4-2)23-18-12-14(20(21)24)8-9-17(18)19(22-23)15-10-11-25-13-15/h8-13,16H,3-7H2,1-2H3,(H2,21,24). The molecule has 0 saturated heterocycles. The van der Waals surface area contributed by atoms with Crippen LogP contribution in [0, 0.1) is 0 Å². The number of unbranched alkanes of at least 4 members (excludes halogenated alkanes) is 2. The van der Waals surface area contributed by atoms with Crippen LogP contribution in [0.2, 0.25) is 0 Å². The Balaban J connectivity index is 2.11. The lowest BCUT2D eigenvalue weighted by Crippen LogP contribution is -2.12. The Morgan fingerprint density at radius 2 is 2.12 bits per heavy atom. The fraction of sp³-hybridized carbons (Fsp3) is 0.400. The monoisotopic (exact) mass is 355 g/mol. The molecule has 132 valence electrons. The number of carbonyl (C=O) groups is 1. The maximum Gasteiger partial charge on any atom is 0.248 e. The number of carbonyl (C=O) groups excluding carboxylic acids is 1. The molecule has 0 aliphatic carbocycles. The second-order valence-corrected chi connectivity index (χ2v) is 7.24.